The van der Waals surface area contributed by atoms with Crippen LogP contribution in [0, 0.1) is 5.92 Å². The lowest BCUT2D eigenvalue weighted by molar-refractivity contribution is 0.321. The van der Waals surface area contributed by atoms with E-state index in [0.717, 1.165) is 6.54 Å². The van der Waals surface area contributed by atoms with E-state index in [2.05, 4.69) is 15.0 Å². The molecule has 0 unspecified atom stereocenters. The number of nitrogens with zero attached hydrogens (tertiary/aromatic N) is 3. The number of H-pyrrole nitrogens is 1. The van der Waals surface area contributed by atoms with Crippen LogP contribution in [0.1, 0.15) is 32.1 Å². The maximum atomic E-state index is 11.7. The first-order valence-electron chi connectivity index (χ1n) is 6.44. The van der Waals surface area contributed by atoms with E-state index < -0.39 is 0 Å². The summed E-state index contributed by atoms with van der Waals surface area (Å²) in [5.74, 6) is 0.816. The molecule has 7 heteroatoms. The Morgan fingerprint density at radius 1 is 1.37 bits per heavy atom. The molecule has 3 N–H and O–H groups in total. The summed E-state index contributed by atoms with van der Waals surface area (Å²) in [5.41, 5.74) is 6.29. The number of aromatic nitrogens is 4. The first-order chi connectivity index (χ1) is 8.74. The van der Waals surface area contributed by atoms with E-state index in [4.69, 9.17) is 5.73 Å². The summed E-state index contributed by atoms with van der Waals surface area (Å²) in [6.45, 7) is 0.881. The minimum atomic E-state index is -0.264. The number of nitrogens with one attached hydrogen (secondary N) is 1. The van der Waals surface area contributed by atoms with Crippen LogP contribution in [0.4, 0.5) is 5.95 Å². The lowest BCUT2D eigenvalue weighted by Crippen LogP contribution is -2.16. The highest BCUT2D eigenvalue weighted by Gasteiger charge is 2.16. The van der Waals surface area contributed by atoms with E-state index in [-0.39, 0.29) is 23.9 Å². The molecule has 1 fully saturated rings. The zero-order chi connectivity index (χ0) is 12.5. The highest BCUT2D eigenvalue weighted by molar-refractivity contribution is 5.85. The Balaban J connectivity index is 0.00000133. The van der Waals surface area contributed by atoms with Crippen molar-refractivity contribution in [3.63, 3.8) is 0 Å². The predicted octanol–water partition coefficient (Wildman–Crippen LogP) is 1.70. The number of halogens is 1. The van der Waals surface area contributed by atoms with Gasteiger partial charge in [0.15, 0.2) is 11.2 Å². The lowest BCUT2D eigenvalue weighted by atomic mass is 9.89. The average molecular weight is 284 g/mol. The van der Waals surface area contributed by atoms with Crippen molar-refractivity contribution in [3.05, 3.63) is 16.7 Å². The SMILES string of the molecule is Cl.Nc1nc2c(ncn2CC2CCCCC2)c(=O)[nH]1. The molecule has 0 aromatic carbocycles. The molecular weight excluding hydrogens is 266 g/mol. The van der Waals surface area contributed by atoms with Crippen molar-refractivity contribution in [2.75, 3.05) is 5.73 Å². The topological polar surface area (TPSA) is 89.6 Å². The Morgan fingerprint density at radius 2 is 2.11 bits per heavy atom. The highest BCUT2D eigenvalue weighted by atomic mass is 35.5. The molecule has 0 bridgehead atoms. The monoisotopic (exact) mass is 283 g/mol. The summed E-state index contributed by atoms with van der Waals surface area (Å²) in [6, 6.07) is 0. The van der Waals surface area contributed by atoms with Crippen LogP contribution in [0.3, 0.4) is 0 Å². The van der Waals surface area contributed by atoms with Crippen LogP contribution in [0.15, 0.2) is 11.1 Å². The minimum absolute atomic E-state index is 0. The van der Waals surface area contributed by atoms with E-state index in [1.807, 2.05) is 4.57 Å². The second-order valence-electron chi connectivity index (χ2n) is 5.02. The Hall–Kier alpha value is -1.56. The molecular formula is C12H18ClN5O. The van der Waals surface area contributed by atoms with Gasteiger partial charge in [-0.05, 0) is 18.8 Å². The molecule has 19 heavy (non-hydrogen) atoms. The fraction of sp³-hybridized carbons (Fsp3) is 0.583. The van der Waals surface area contributed by atoms with Gasteiger partial charge in [0, 0.05) is 6.54 Å². The molecule has 0 radical (unpaired) electrons. The van der Waals surface area contributed by atoms with Gasteiger partial charge in [0.2, 0.25) is 5.95 Å². The summed E-state index contributed by atoms with van der Waals surface area (Å²) in [7, 11) is 0. The number of anilines is 1. The van der Waals surface area contributed by atoms with Gasteiger partial charge >= 0.3 is 0 Å². The molecule has 6 nitrogen and oxygen atoms in total. The molecule has 1 aliphatic rings. The maximum Gasteiger partial charge on any atom is 0.280 e. The van der Waals surface area contributed by atoms with Crippen molar-refractivity contribution >= 4 is 29.5 Å². The molecule has 3 rings (SSSR count). The van der Waals surface area contributed by atoms with Crippen molar-refractivity contribution in [1.29, 1.82) is 0 Å². The van der Waals surface area contributed by atoms with Crippen LogP contribution in [0.5, 0.6) is 0 Å². The lowest BCUT2D eigenvalue weighted by Gasteiger charge is -2.21. The van der Waals surface area contributed by atoms with E-state index in [9.17, 15) is 4.79 Å². The molecule has 2 heterocycles. The molecule has 0 spiro atoms. The van der Waals surface area contributed by atoms with Crippen LogP contribution >= 0.6 is 12.4 Å². The number of rotatable bonds is 2. The smallest absolute Gasteiger partial charge is 0.280 e. The van der Waals surface area contributed by atoms with Gasteiger partial charge in [0.1, 0.15) is 0 Å². The number of nitrogen functional groups attached to an aromatic ring is 1. The molecule has 0 atom stereocenters. The maximum absolute atomic E-state index is 11.7. The van der Waals surface area contributed by atoms with Crippen LogP contribution in [0.25, 0.3) is 11.2 Å². The Morgan fingerprint density at radius 3 is 2.84 bits per heavy atom. The number of hydrogen-bond acceptors (Lipinski definition) is 4. The average Bonchev–Trinajstić information content (AvgIpc) is 2.74. The van der Waals surface area contributed by atoms with Crippen molar-refractivity contribution in [2.45, 2.75) is 38.6 Å². The predicted molar refractivity (Wildman–Crippen MR) is 76.4 cm³/mol. The zero-order valence-corrected chi connectivity index (χ0v) is 11.4. The van der Waals surface area contributed by atoms with Gasteiger partial charge in [-0.15, -0.1) is 12.4 Å². The third-order valence-corrected chi connectivity index (χ3v) is 3.67. The van der Waals surface area contributed by atoms with Crippen molar-refractivity contribution in [2.24, 2.45) is 5.92 Å². The standard InChI is InChI=1S/C12H17N5O.ClH/c13-12-15-10-9(11(18)16-12)14-7-17(10)6-8-4-2-1-3-5-8;/h7-8H,1-6H2,(H3,13,15,16,18);1H. The molecule has 1 saturated carbocycles. The molecule has 2 aromatic rings. The fourth-order valence-electron chi connectivity index (χ4n) is 2.75. The van der Waals surface area contributed by atoms with Crippen LogP contribution in [0.2, 0.25) is 0 Å². The Labute approximate surface area is 116 Å². The van der Waals surface area contributed by atoms with Crippen molar-refractivity contribution < 1.29 is 0 Å². The summed E-state index contributed by atoms with van der Waals surface area (Å²) >= 11 is 0. The number of fused-ring (bicyclic) bond motifs is 1. The van der Waals surface area contributed by atoms with E-state index in [1.54, 1.807) is 6.33 Å². The van der Waals surface area contributed by atoms with E-state index in [0.29, 0.717) is 17.1 Å². The van der Waals surface area contributed by atoms with Gasteiger partial charge in [0.05, 0.1) is 6.33 Å². The van der Waals surface area contributed by atoms with E-state index in [1.165, 1.54) is 32.1 Å². The number of hydrogen-bond donors (Lipinski definition) is 2. The van der Waals surface area contributed by atoms with Crippen LogP contribution in [-0.2, 0) is 6.54 Å². The van der Waals surface area contributed by atoms with Crippen molar-refractivity contribution in [1.82, 2.24) is 19.5 Å². The number of aromatic amines is 1. The first kappa shape index (κ1) is 13.9. The van der Waals surface area contributed by atoms with Crippen LogP contribution < -0.4 is 11.3 Å². The van der Waals surface area contributed by atoms with Crippen molar-refractivity contribution in [3.8, 4) is 0 Å². The summed E-state index contributed by atoms with van der Waals surface area (Å²) in [5, 5.41) is 0. The highest BCUT2D eigenvalue weighted by Crippen LogP contribution is 2.25. The number of nitrogens with two attached hydrogens (primary N) is 1. The quantitative estimate of drug-likeness (QED) is 0.878. The Kier molecular flexibility index (Phi) is 4.09. The molecule has 0 saturated heterocycles. The summed E-state index contributed by atoms with van der Waals surface area (Å²) in [4.78, 5) is 22.4. The summed E-state index contributed by atoms with van der Waals surface area (Å²) in [6.07, 6.45) is 8.13. The van der Waals surface area contributed by atoms with Gasteiger partial charge in [-0.1, -0.05) is 19.3 Å². The normalized spacial score (nSPS) is 16.4. The number of imidazole rings is 1. The van der Waals surface area contributed by atoms with Gasteiger partial charge in [0.25, 0.3) is 5.56 Å². The third-order valence-electron chi connectivity index (χ3n) is 3.67. The van der Waals surface area contributed by atoms with Gasteiger partial charge in [-0.3, -0.25) is 9.78 Å². The van der Waals surface area contributed by atoms with Gasteiger partial charge in [-0.2, -0.15) is 4.98 Å². The Bertz CT molecular complexity index is 614. The molecule has 2 aromatic heterocycles. The first-order valence-corrected chi connectivity index (χ1v) is 6.44. The van der Waals surface area contributed by atoms with Crippen LogP contribution in [-0.4, -0.2) is 19.5 Å². The molecule has 0 aliphatic heterocycles. The van der Waals surface area contributed by atoms with E-state index >= 15 is 0 Å². The summed E-state index contributed by atoms with van der Waals surface area (Å²) < 4.78 is 1.96. The second-order valence-corrected chi connectivity index (χ2v) is 5.02. The van der Waals surface area contributed by atoms with Gasteiger partial charge < -0.3 is 10.3 Å². The molecule has 0 amide bonds. The molecule has 1 aliphatic carbocycles. The minimum Gasteiger partial charge on any atom is -0.369 e. The third kappa shape index (κ3) is 2.73. The largest absolute Gasteiger partial charge is 0.369 e. The zero-order valence-electron chi connectivity index (χ0n) is 10.6. The fourth-order valence-corrected chi connectivity index (χ4v) is 2.75. The second kappa shape index (κ2) is 5.61. The van der Waals surface area contributed by atoms with Gasteiger partial charge in [-0.25, -0.2) is 4.98 Å². The molecule has 104 valence electrons.